The maximum atomic E-state index is 12.7. The standard InChI is InChI=1S/C21H23NO2S/c1-15-8-10-16(11-9-15)14-18-17-6-3-4-7-19(17)25-20(18)21(23)22-12-5-13-24-2/h3-4,6-11H,5,12-14H2,1-2H3,(H,22,23). The molecule has 0 saturated carbocycles. The summed E-state index contributed by atoms with van der Waals surface area (Å²) >= 11 is 1.57. The Morgan fingerprint density at radius 2 is 1.88 bits per heavy atom. The van der Waals surface area contributed by atoms with Crippen molar-refractivity contribution in [3.63, 3.8) is 0 Å². The number of carbonyl (C=O) groups excluding carboxylic acids is 1. The van der Waals surface area contributed by atoms with E-state index in [1.807, 2.05) is 12.1 Å². The van der Waals surface area contributed by atoms with Crippen molar-refractivity contribution < 1.29 is 9.53 Å². The molecule has 0 aliphatic carbocycles. The summed E-state index contributed by atoms with van der Waals surface area (Å²) in [6.45, 7) is 3.37. The van der Waals surface area contributed by atoms with Crippen LogP contribution in [0.5, 0.6) is 0 Å². The van der Waals surface area contributed by atoms with Crippen LogP contribution in [-0.2, 0) is 11.2 Å². The van der Waals surface area contributed by atoms with Gasteiger partial charge < -0.3 is 10.1 Å². The molecule has 0 aliphatic heterocycles. The molecule has 1 N–H and O–H groups in total. The monoisotopic (exact) mass is 353 g/mol. The minimum Gasteiger partial charge on any atom is -0.385 e. The van der Waals surface area contributed by atoms with Crippen molar-refractivity contribution in [1.29, 1.82) is 0 Å². The summed E-state index contributed by atoms with van der Waals surface area (Å²) in [6.07, 6.45) is 1.59. The van der Waals surface area contributed by atoms with Gasteiger partial charge in [-0.2, -0.15) is 0 Å². The van der Waals surface area contributed by atoms with E-state index in [4.69, 9.17) is 4.74 Å². The number of hydrogen-bond donors (Lipinski definition) is 1. The summed E-state index contributed by atoms with van der Waals surface area (Å²) in [5.41, 5.74) is 3.59. The number of carbonyl (C=O) groups is 1. The Morgan fingerprint density at radius 3 is 2.64 bits per heavy atom. The molecule has 0 radical (unpaired) electrons. The highest BCUT2D eigenvalue weighted by Gasteiger charge is 2.18. The van der Waals surface area contributed by atoms with Crippen LogP contribution < -0.4 is 5.32 Å². The van der Waals surface area contributed by atoms with Crippen LogP contribution >= 0.6 is 11.3 Å². The van der Waals surface area contributed by atoms with Gasteiger partial charge >= 0.3 is 0 Å². The SMILES string of the molecule is COCCCNC(=O)c1sc2ccccc2c1Cc1ccc(C)cc1. The lowest BCUT2D eigenvalue weighted by atomic mass is 10.0. The van der Waals surface area contributed by atoms with Gasteiger partial charge in [-0.05, 0) is 42.3 Å². The predicted octanol–water partition coefficient (Wildman–Crippen LogP) is 4.57. The average molecular weight is 353 g/mol. The molecule has 2 aromatic carbocycles. The minimum absolute atomic E-state index is 0.0133. The summed E-state index contributed by atoms with van der Waals surface area (Å²) in [7, 11) is 1.67. The molecule has 130 valence electrons. The lowest BCUT2D eigenvalue weighted by Crippen LogP contribution is -2.25. The van der Waals surface area contributed by atoms with Gasteiger partial charge in [0, 0.05) is 25.0 Å². The highest BCUT2D eigenvalue weighted by molar-refractivity contribution is 7.21. The van der Waals surface area contributed by atoms with Crippen LogP contribution in [0.15, 0.2) is 48.5 Å². The Labute approximate surface area is 152 Å². The zero-order chi connectivity index (χ0) is 17.6. The fourth-order valence-electron chi connectivity index (χ4n) is 2.87. The van der Waals surface area contributed by atoms with E-state index >= 15 is 0 Å². The van der Waals surface area contributed by atoms with Gasteiger partial charge in [-0.15, -0.1) is 11.3 Å². The molecular weight excluding hydrogens is 330 g/mol. The molecule has 3 nitrogen and oxygen atoms in total. The number of methoxy groups -OCH3 is 1. The van der Waals surface area contributed by atoms with Crippen molar-refractivity contribution in [3.8, 4) is 0 Å². The Morgan fingerprint density at radius 1 is 1.12 bits per heavy atom. The summed E-state index contributed by atoms with van der Waals surface area (Å²) < 4.78 is 6.20. The smallest absolute Gasteiger partial charge is 0.261 e. The molecule has 0 bridgehead atoms. The number of aryl methyl sites for hydroxylation is 1. The summed E-state index contributed by atoms with van der Waals surface area (Å²) in [6, 6.07) is 16.8. The minimum atomic E-state index is 0.0133. The van der Waals surface area contributed by atoms with Gasteiger partial charge in [0.25, 0.3) is 5.91 Å². The van der Waals surface area contributed by atoms with Crippen molar-refractivity contribution in [2.24, 2.45) is 0 Å². The van der Waals surface area contributed by atoms with Gasteiger partial charge in [-0.3, -0.25) is 4.79 Å². The molecule has 0 atom stereocenters. The summed E-state index contributed by atoms with van der Waals surface area (Å²) in [5, 5.41) is 4.20. The highest BCUT2D eigenvalue weighted by Crippen LogP contribution is 2.33. The average Bonchev–Trinajstić information content (AvgIpc) is 2.99. The van der Waals surface area contributed by atoms with Crippen LogP contribution in [0.25, 0.3) is 10.1 Å². The van der Waals surface area contributed by atoms with E-state index in [1.165, 1.54) is 16.5 Å². The second-order valence-corrected chi connectivity index (χ2v) is 7.22. The van der Waals surface area contributed by atoms with Gasteiger partial charge in [0.15, 0.2) is 0 Å². The molecule has 0 unspecified atom stereocenters. The van der Waals surface area contributed by atoms with E-state index in [9.17, 15) is 4.79 Å². The largest absolute Gasteiger partial charge is 0.385 e. The van der Waals surface area contributed by atoms with Gasteiger partial charge in [0.2, 0.25) is 0 Å². The lowest BCUT2D eigenvalue weighted by molar-refractivity contribution is 0.0952. The first kappa shape index (κ1) is 17.6. The van der Waals surface area contributed by atoms with Gasteiger partial charge in [0.1, 0.15) is 0 Å². The molecule has 3 aromatic rings. The molecule has 3 rings (SSSR count). The molecule has 0 saturated heterocycles. The van der Waals surface area contributed by atoms with Gasteiger partial charge in [-0.1, -0.05) is 48.0 Å². The topological polar surface area (TPSA) is 38.3 Å². The van der Waals surface area contributed by atoms with E-state index in [0.717, 1.165) is 28.0 Å². The molecule has 4 heteroatoms. The molecule has 25 heavy (non-hydrogen) atoms. The normalized spacial score (nSPS) is 11.0. The lowest BCUT2D eigenvalue weighted by Gasteiger charge is -2.07. The van der Waals surface area contributed by atoms with Gasteiger partial charge in [0.05, 0.1) is 4.88 Å². The van der Waals surface area contributed by atoms with E-state index in [1.54, 1.807) is 18.4 Å². The Bertz CT molecular complexity index is 852. The fourth-order valence-corrected chi connectivity index (χ4v) is 4.00. The van der Waals surface area contributed by atoms with Crippen LogP contribution in [0.4, 0.5) is 0 Å². The van der Waals surface area contributed by atoms with Gasteiger partial charge in [-0.25, -0.2) is 0 Å². The van der Waals surface area contributed by atoms with Crippen LogP contribution in [0, 0.1) is 6.92 Å². The third kappa shape index (κ3) is 4.27. The number of hydrogen-bond acceptors (Lipinski definition) is 3. The molecule has 0 spiro atoms. The number of benzene rings is 2. The number of ether oxygens (including phenoxy) is 1. The first-order valence-electron chi connectivity index (χ1n) is 8.52. The molecule has 1 aromatic heterocycles. The molecule has 0 fully saturated rings. The number of rotatable bonds is 7. The Kier molecular flexibility index (Phi) is 5.84. The van der Waals surface area contributed by atoms with Crippen molar-refractivity contribution in [2.75, 3.05) is 20.3 Å². The number of thiophene rings is 1. The van der Waals surface area contributed by atoms with Crippen LogP contribution in [0.2, 0.25) is 0 Å². The summed E-state index contributed by atoms with van der Waals surface area (Å²) in [4.78, 5) is 13.5. The first-order chi connectivity index (χ1) is 12.2. The molecule has 1 amide bonds. The van der Waals surface area contributed by atoms with E-state index in [0.29, 0.717) is 13.2 Å². The number of amides is 1. The van der Waals surface area contributed by atoms with Crippen molar-refractivity contribution in [3.05, 3.63) is 70.1 Å². The third-order valence-corrected chi connectivity index (χ3v) is 5.43. The quantitative estimate of drug-likeness (QED) is 0.632. The fraction of sp³-hybridized carbons (Fsp3) is 0.286. The zero-order valence-electron chi connectivity index (χ0n) is 14.7. The number of nitrogens with one attached hydrogen (secondary N) is 1. The van der Waals surface area contributed by atoms with Crippen molar-refractivity contribution in [2.45, 2.75) is 19.8 Å². The predicted molar refractivity (Wildman–Crippen MR) is 105 cm³/mol. The second-order valence-electron chi connectivity index (χ2n) is 6.17. The summed E-state index contributed by atoms with van der Waals surface area (Å²) in [5.74, 6) is 0.0133. The van der Waals surface area contributed by atoms with E-state index in [2.05, 4.69) is 48.6 Å². The van der Waals surface area contributed by atoms with E-state index < -0.39 is 0 Å². The maximum Gasteiger partial charge on any atom is 0.261 e. The maximum absolute atomic E-state index is 12.7. The second kappa shape index (κ2) is 8.28. The molecule has 1 heterocycles. The van der Waals surface area contributed by atoms with Crippen LogP contribution in [0.1, 0.15) is 32.8 Å². The molecular formula is C21H23NO2S. The number of fused-ring (bicyclic) bond motifs is 1. The highest BCUT2D eigenvalue weighted by atomic mass is 32.1. The third-order valence-electron chi connectivity index (χ3n) is 4.22. The Balaban J connectivity index is 1.89. The van der Waals surface area contributed by atoms with Crippen LogP contribution in [0.3, 0.4) is 0 Å². The Hall–Kier alpha value is -2.17. The van der Waals surface area contributed by atoms with Crippen LogP contribution in [-0.4, -0.2) is 26.2 Å². The molecule has 0 aliphatic rings. The van der Waals surface area contributed by atoms with Crippen molar-refractivity contribution in [1.82, 2.24) is 5.32 Å². The van der Waals surface area contributed by atoms with E-state index in [-0.39, 0.29) is 5.91 Å². The zero-order valence-corrected chi connectivity index (χ0v) is 15.5. The first-order valence-corrected chi connectivity index (χ1v) is 9.34. The van der Waals surface area contributed by atoms with Crippen molar-refractivity contribution >= 4 is 27.3 Å².